The highest BCUT2D eigenvalue weighted by Gasteiger charge is 2.30. The molecule has 0 radical (unpaired) electrons. The maximum absolute atomic E-state index is 12.1. The van der Waals surface area contributed by atoms with Crippen LogP contribution in [0.2, 0.25) is 0 Å². The highest BCUT2D eigenvalue weighted by Crippen LogP contribution is 2.27. The molecule has 0 saturated carbocycles. The average molecular weight is 362 g/mol. The monoisotopic (exact) mass is 362 g/mol. The molecular formula is C21H22N4O2. The Bertz CT molecular complexity index is 956. The third kappa shape index (κ3) is 4.11. The second-order valence-corrected chi connectivity index (χ2v) is 7.18. The second-order valence-electron chi connectivity index (χ2n) is 7.18. The minimum atomic E-state index is -0.658. The number of fused-ring (bicyclic) bond motifs is 1. The van der Waals surface area contributed by atoms with Crippen LogP contribution in [0.1, 0.15) is 42.3 Å². The van der Waals surface area contributed by atoms with Crippen LogP contribution in [0.3, 0.4) is 0 Å². The van der Waals surface area contributed by atoms with Crippen LogP contribution in [0.4, 0.5) is 5.69 Å². The molecule has 0 unspecified atom stereocenters. The lowest BCUT2D eigenvalue weighted by Gasteiger charge is -2.28. The molecule has 138 valence electrons. The molecule has 6 nitrogen and oxygen atoms in total. The highest BCUT2D eigenvalue weighted by molar-refractivity contribution is 6.70. The first-order valence-electron chi connectivity index (χ1n) is 8.70. The van der Waals surface area contributed by atoms with E-state index in [2.05, 4.69) is 10.5 Å². The van der Waals surface area contributed by atoms with Gasteiger partial charge in [-0.15, -0.1) is 0 Å². The van der Waals surface area contributed by atoms with Crippen LogP contribution >= 0.6 is 0 Å². The Morgan fingerprint density at radius 3 is 2.41 bits per heavy atom. The Morgan fingerprint density at radius 1 is 1.11 bits per heavy atom. The summed E-state index contributed by atoms with van der Waals surface area (Å²) >= 11 is 0. The van der Waals surface area contributed by atoms with Gasteiger partial charge in [0.2, 0.25) is 0 Å². The molecule has 0 fully saturated rings. The van der Waals surface area contributed by atoms with Crippen molar-refractivity contribution in [3.05, 3.63) is 65.2 Å². The molecule has 3 N–H and O–H groups in total. The first kappa shape index (κ1) is 18.5. The lowest BCUT2D eigenvalue weighted by Crippen LogP contribution is -2.38. The zero-order valence-corrected chi connectivity index (χ0v) is 15.6. The summed E-state index contributed by atoms with van der Waals surface area (Å²) in [5.41, 5.74) is 11.9. The number of primary amides is 1. The summed E-state index contributed by atoms with van der Waals surface area (Å²) in [5.74, 6) is -0.674. The Hall–Kier alpha value is -3.28. The van der Waals surface area contributed by atoms with E-state index in [-0.39, 0.29) is 17.0 Å². The number of carbonyl (C=O) groups excluding carboxylic acids is 2. The van der Waals surface area contributed by atoms with Gasteiger partial charge in [0.05, 0.1) is 16.9 Å². The minimum Gasteiger partial charge on any atom is -0.364 e. The molecule has 1 aliphatic rings. The van der Waals surface area contributed by atoms with Crippen molar-refractivity contribution in [3.63, 3.8) is 0 Å². The van der Waals surface area contributed by atoms with Gasteiger partial charge in [-0.25, -0.2) is 0 Å². The summed E-state index contributed by atoms with van der Waals surface area (Å²) < 4.78 is 0. The molecular weight excluding hydrogens is 340 g/mol. The number of hydrogen-bond donors (Lipinski definition) is 2. The van der Waals surface area contributed by atoms with Crippen LogP contribution in [0, 0.1) is 0 Å². The standard InChI is InChI=1S/C21H22N4O2/c1-13(26)14-8-10-16(11-9-14)24-25-19(20(22)27)18-17-7-5-4-6-15(17)12-21(2,3)23-18/h4-11,24H,12H2,1-3H3,(H2,22,27). The topological polar surface area (TPSA) is 96.9 Å². The molecule has 2 aromatic rings. The molecule has 1 heterocycles. The number of amides is 1. The predicted octanol–water partition coefficient (Wildman–Crippen LogP) is 2.97. The number of anilines is 1. The van der Waals surface area contributed by atoms with E-state index in [1.165, 1.54) is 6.92 Å². The van der Waals surface area contributed by atoms with Crippen molar-refractivity contribution < 1.29 is 9.59 Å². The summed E-state index contributed by atoms with van der Waals surface area (Å²) in [7, 11) is 0. The van der Waals surface area contributed by atoms with Gasteiger partial charge in [0.1, 0.15) is 0 Å². The van der Waals surface area contributed by atoms with Crippen LogP contribution < -0.4 is 11.2 Å². The summed E-state index contributed by atoms with van der Waals surface area (Å²) in [5, 5.41) is 4.23. The van der Waals surface area contributed by atoms with Gasteiger partial charge < -0.3 is 5.73 Å². The molecule has 1 amide bonds. The number of ketones is 1. The quantitative estimate of drug-likeness (QED) is 0.486. The van der Waals surface area contributed by atoms with Gasteiger partial charge in [0, 0.05) is 11.1 Å². The van der Waals surface area contributed by atoms with Crippen LogP contribution in [-0.2, 0) is 11.2 Å². The first-order valence-corrected chi connectivity index (χ1v) is 8.70. The van der Waals surface area contributed by atoms with Crippen molar-refractivity contribution in [1.29, 1.82) is 0 Å². The molecule has 0 atom stereocenters. The third-order valence-corrected chi connectivity index (χ3v) is 4.36. The van der Waals surface area contributed by atoms with Crippen molar-refractivity contribution in [2.75, 3.05) is 5.43 Å². The highest BCUT2D eigenvalue weighted by atomic mass is 16.1. The van der Waals surface area contributed by atoms with E-state index in [9.17, 15) is 9.59 Å². The van der Waals surface area contributed by atoms with Gasteiger partial charge in [-0.3, -0.25) is 20.0 Å². The van der Waals surface area contributed by atoms with Gasteiger partial charge in [0.15, 0.2) is 11.5 Å². The van der Waals surface area contributed by atoms with Crippen LogP contribution in [0.5, 0.6) is 0 Å². The number of nitrogens with two attached hydrogens (primary N) is 1. The Balaban J connectivity index is 1.97. The molecule has 0 bridgehead atoms. The molecule has 3 rings (SSSR count). The molecule has 0 spiro atoms. The predicted molar refractivity (Wildman–Crippen MR) is 107 cm³/mol. The van der Waals surface area contributed by atoms with Gasteiger partial charge in [-0.2, -0.15) is 5.10 Å². The van der Waals surface area contributed by atoms with Gasteiger partial charge in [-0.05, 0) is 57.0 Å². The Labute approximate surface area is 158 Å². The summed E-state index contributed by atoms with van der Waals surface area (Å²) in [6, 6.07) is 14.6. The second kappa shape index (κ2) is 7.15. The molecule has 1 aliphatic heterocycles. The largest absolute Gasteiger partial charge is 0.364 e. The fraction of sp³-hybridized carbons (Fsp3) is 0.238. The molecule has 27 heavy (non-hydrogen) atoms. The first-order chi connectivity index (χ1) is 12.8. The van der Waals surface area contributed by atoms with Crippen LogP contribution in [-0.4, -0.2) is 28.7 Å². The van der Waals surface area contributed by atoms with Crippen molar-refractivity contribution in [2.24, 2.45) is 15.8 Å². The minimum absolute atomic E-state index is 0.0155. The Morgan fingerprint density at radius 2 is 1.78 bits per heavy atom. The number of hydrogen-bond acceptors (Lipinski definition) is 5. The molecule has 0 aliphatic carbocycles. The lowest BCUT2D eigenvalue weighted by atomic mass is 9.85. The molecule has 0 aromatic heterocycles. The number of hydrazone groups is 1. The van der Waals surface area contributed by atoms with E-state index < -0.39 is 5.91 Å². The van der Waals surface area contributed by atoms with E-state index in [0.29, 0.717) is 17.0 Å². The SMILES string of the molecule is CC(=O)c1ccc(NN=C(C(N)=O)C2=NC(C)(C)Cc3ccccc32)cc1. The van der Waals surface area contributed by atoms with Gasteiger partial charge in [-0.1, -0.05) is 24.3 Å². The van der Waals surface area contributed by atoms with E-state index in [1.54, 1.807) is 24.3 Å². The van der Waals surface area contributed by atoms with Crippen LogP contribution in [0.15, 0.2) is 58.6 Å². The average Bonchev–Trinajstić information content (AvgIpc) is 2.61. The molecule has 0 saturated heterocycles. The Kier molecular flexibility index (Phi) is 4.90. The maximum atomic E-state index is 12.1. The van der Waals surface area contributed by atoms with Crippen molar-refractivity contribution in [1.82, 2.24) is 0 Å². The fourth-order valence-corrected chi connectivity index (χ4v) is 3.08. The lowest BCUT2D eigenvalue weighted by molar-refractivity contribution is -0.111. The van der Waals surface area contributed by atoms with E-state index in [1.807, 2.05) is 38.1 Å². The maximum Gasteiger partial charge on any atom is 0.271 e. The van der Waals surface area contributed by atoms with E-state index in [4.69, 9.17) is 10.7 Å². The van der Waals surface area contributed by atoms with Crippen molar-refractivity contribution >= 4 is 28.8 Å². The van der Waals surface area contributed by atoms with Crippen LogP contribution in [0.25, 0.3) is 0 Å². The number of nitrogens with zero attached hydrogens (tertiary/aromatic N) is 2. The summed E-state index contributed by atoms with van der Waals surface area (Å²) in [4.78, 5) is 28.2. The number of carbonyl (C=O) groups is 2. The summed E-state index contributed by atoms with van der Waals surface area (Å²) in [6.45, 7) is 5.52. The number of aliphatic imine (C=N–C) groups is 1. The summed E-state index contributed by atoms with van der Waals surface area (Å²) in [6.07, 6.45) is 0.776. The van der Waals surface area contributed by atoms with E-state index >= 15 is 0 Å². The zero-order valence-electron chi connectivity index (χ0n) is 15.6. The van der Waals surface area contributed by atoms with E-state index in [0.717, 1.165) is 17.5 Å². The zero-order chi connectivity index (χ0) is 19.6. The number of rotatable bonds is 5. The normalized spacial score (nSPS) is 15.5. The molecule has 2 aromatic carbocycles. The molecule has 6 heteroatoms. The number of benzene rings is 2. The fourth-order valence-electron chi connectivity index (χ4n) is 3.08. The third-order valence-electron chi connectivity index (χ3n) is 4.36. The van der Waals surface area contributed by atoms with Crippen molar-refractivity contribution in [3.8, 4) is 0 Å². The van der Waals surface area contributed by atoms with Gasteiger partial charge >= 0.3 is 0 Å². The smallest absolute Gasteiger partial charge is 0.271 e. The van der Waals surface area contributed by atoms with Crippen molar-refractivity contribution in [2.45, 2.75) is 32.7 Å². The van der Waals surface area contributed by atoms with Gasteiger partial charge in [0.25, 0.3) is 5.91 Å². The number of nitrogens with one attached hydrogen (secondary N) is 1. The number of Topliss-reactive ketones (excluding diaryl/α,β-unsaturated/α-hetero) is 1.